The van der Waals surface area contributed by atoms with Gasteiger partial charge in [0.15, 0.2) is 0 Å². The van der Waals surface area contributed by atoms with Gasteiger partial charge < -0.3 is 10.2 Å². The van der Waals surface area contributed by atoms with Crippen LogP contribution in [0, 0.1) is 0 Å². The molecule has 1 aromatic heterocycles. The molecule has 0 aliphatic carbocycles. The largest absolute Gasteiger partial charge is 0.331 e. The number of amides is 3. The summed E-state index contributed by atoms with van der Waals surface area (Å²) in [4.78, 5) is 34.5. The molecule has 4 rings (SSSR count). The van der Waals surface area contributed by atoms with Gasteiger partial charge in [-0.05, 0) is 37.5 Å². The zero-order valence-corrected chi connectivity index (χ0v) is 13.0. The Kier molecular flexibility index (Phi) is 3.60. The normalized spacial score (nSPS) is 18.8. The molecular formula is C17H17N5O2. The van der Waals surface area contributed by atoms with Crippen molar-refractivity contribution in [1.82, 2.24) is 14.9 Å². The topological polar surface area (TPSA) is 87.2 Å². The first kappa shape index (κ1) is 14.6. The molecule has 2 aliphatic rings. The van der Waals surface area contributed by atoms with Crippen molar-refractivity contribution in [3.8, 4) is 0 Å². The van der Waals surface area contributed by atoms with Crippen LogP contribution < -0.4 is 10.6 Å². The van der Waals surface area contributed by atoms with Gasteiger partial charge in [-0.3, -0.25) is 10.1 Å². The second kappa shape index (κ2) is 5.92. The fourth-order valence-electron chi connectivity index (χ4n) is 3.48. The Hall–Kier alpha value is -2.96. The lowest BCUT2D eigenvalue weighted by atomic mass is 9.96. The summed E-state index contributed by atoms with van der Waals surface area (Å²) in [7, 11) is 0. The molecule has 0 radical (unpaired) electrons. The Balaban J connectivity index is 1.59. The summed E-state index contributed by atoms with van der Waals surface area (Å²) in [6, 6.07) is 6.77. The van der Waals surface area contributed by atoms with Gasteiger partial charge in [-0.1, -0.05) is 6.07 Å². The maximum absolute atomic E-state index is 12.5. The minimum absolute atomic E-state index is 0.0644. The molecule has 2 aliphatic heterocycles. The molecule has 1 fully saturated rings. The van der Waals surface area contributed by atoms with E-state index in [1.54, 1.807) is 18.3 Å². The Morgan fingerprint density at radius 3 is 2.96 bits per heavy atom. The SMILES string of the molecule is O=C(Nc1ccncn1)Nc1cccc2c1C1CCCCN1C2=O. The molecule has 7 heteroatoms. The minimum atomic E-state index is -0.385. The van der Waals surface area contributed by atoms with Crippen LogP contribution in [0.4, 0.5) is 16.3 Å². The van der Waals surface area contributed by atoms with Crippen LogP contribution in [0.15, 0.2) is 36.8 Å². The van der Waals surface area contributed by atoms with Crippen LogP contribution in [0.3, 0.4) is 0 Å². The number of urea groups is 1. The Bertz CT molecular complexity index is 793. The number of nitrogens with one attached hydrogen (secondary N) is 2. The molecule has 7 nitrogen and oxygen atoms in total. The van der Waals surface area contributed by atoms with Gasteiger partial charge in [0.1, 0.15) is 12.1 Å². The van der Waals surface area contributed by atoms with Crippen molar-refractivity contribution in [3.05, 3.63) is 47.9 Å². The lowest BCUT2D eigenvalue weighted by Crippen LogP contribution is -2.32. The molecule has 2 aromatic rings. The first-order chi connectivity index (χ1) is 11.7. The van der Waals surface area contributed by atoms with E-state index < -0.39 is 0 Å². The van der Waals surface area contributed by atoms with E-state index in [4.69, 9.17) is 0 Å². The van der Waals surface area contributed by atoms with E-state index in [1.165, 1.54) is 6.33 Å². The van der Waals surface area contributed by atoms with Gasteiger partial charge in [0.25, 0.3) is 5.91 Å². The summed E-state index contributed by atoms with van der Waals surface area (Å²) in [5.41, 5.74) is 2.31. The quantitative estimate of drug-likeness (QED) is 0.889. The summed E-state index contributed by atoms with van der Waals surface area (Å²) in [6.07, 6.45) is 5.99. The maximum atomic E-state index is 12.5. The number of anilines is 2. The van der Waals surface area contributed by atoms with Gasteiger partial charge in [0, 0.05) is 29.6 Å². The van der Waals surface area contributed by atoms with Crippen molar-refractivity contribution in [2.75, 3.05) is 17.2 Å². The van der Waals surface area contributed by atoms with Crippen LogP contribution >= 0.6 is 0 Å². The number of nitrogens with zero attached hydrogens (tertiary/aromatic N) is 3. The van der Waals surface area contributed by atoms with Crippen LogP contribution in [0.25, 0.3) is 0 Å². The minimum Gasteiger partial charge on any atom is -0.331 e. The fourth-order valence-corrected chi connectivity index (χ4v) is 3.48. The Morgan fingerprint density at radius 2 is 2.12 bits per heavy atom. The van der Waals surface area contributed by atoms with E-state index in [0.29, 0.717) is 17.1 Å². The summed E-state index contributed by atoms with van der Waals surface area (Å²) in [5.74, 6) is 0.486. The highest BCUT2D eigenvalue weighted by Gasteiger charge is 2.39. The summed E-state index contributed by atoms with van der Waals surface area (Å²) < 4.78 is 0. The first-order valence-electron chi connectivity index (χ1n) is 8.02. The molecule has 0 saturated carbocycles. The molecule has 1 aromatic carbocycles. The fraction of sp³-hybridized carbons (Fsp3) is 0.294. The smallest absolute Gasteiger partial charge is 0.324 e. The van der Waals surface area contributed by atoms with E-state index in [-0.39, 0.29) is 18.0 Å². The molecular weight excluding hydrogens is 306 g/mol. The number of hydrogen-bond donors (Lipinski definition) is 2. The second-order valence-electron chi connectivity index (χ2n) is 5.95. The highest BCUT2D eigenvalue weighted by atomic mass is 16.2. The Morgan fingerprint density at radius 1 is 1.21 bits per heavy atom. The molecule has 1 saturated heterocycles. The molecule has 1 unspecified atom stereocenters. The second-order valence-corrected chi connectivity index (χ2v) is 5.95. The third-order valence-corrected chi connectivity index (χ3v) is 4.51. The van der Waals surface area contributed by atoms with Gasteiger partial charge in [-0.2, -0.15) is 0 Å². The molecule has 2 N–H and O–H groups in total. The zero-order chi connectivity index (χ0) is 16.5. The van der Waals surface area contributed by atoms with E-state index in [1.807, 2.05) is 17.0 Å². The average Bonchev–Trinajstić information content (AvgIpc) is 2.90. The first-order valence-corrected chi connectivity index (χ1v) is 8.02. The highest BCUT2D eigenvalue weighted by molar-refractivity contribution is 6.04. The van der Waals surface area contributed by atoms with E-state index in [9.17, 15) is 9.59 Å². The summed E-state index contributed by atoms with van der Waals surface area (Å²) >= 11 is 0. The molecule has 122 valence electrons. The number of rotatable bonds is 2. The number of hydrogen-bond acceptors (Lipinski definition) is 4. The van der Waals surface area contributed by atoms with Crippen molar-refractivity contribution >= 4 is 23.4 Å². The van der Waals surface area contributed by atoms with Gasteiger partial charge in [0.05, 0.1) is 6.04 Å². The van der Waals surface area contributed by atoms with E-state index in [2.05, 4.69) is 20.6 Å². The third kappa shape index (κ3) is 2.47. The summed E-state index contributed by atoms with van der Waals surface area (Å²) in [6.45, 7) is 0.782. The van der Waals surface area contributed by atoms with Gasteiger partial charge >= 0.3 is 6.03 Å². The maximum Gasteiger partial charge on any atom is 0.324 e. The molecule has 3 amide bonds. The van der Waals surface area contributed by atoms with Crippen molar-refractivity contribution in [2.45, 2.75) is 25.3 Å². The lowest BCUT2D eigenvalue weighted by molar-refractivity contribution is 0.0672. The van der Waals surface area contributed by atoms with Crippen LogP contribution in [0.5, 0.6) is 0 Å². The van der Waals surface area contributed by atoms with E-state index >= 15 is 0 Å². The number of fused-ring (bicyclic) bond motifs is 3. The number of aromatic nitrogens is 2. The van der Waals surface area contributed by atoms with Crippen LogP contribution in [-0.4, -0.2) is 33.4 Å². The van der Waals surface area contributed by atoms with Crippen molar-refractivity contribution in [2.24, 2.45) is 0 Å². The zero-order valence-electron chi connectivity index (χ0n) is 13.0. The number of benzene rings is 1. The monoisotopic (exact) mass is 323 g/mol. The van der Waals surface area contributed by atoms with Crippen LogP contribution in [0.2, 0.25) is 0 Å². The van der Waals surface area contributed by atoms with Crippen LogP contribution in [0.1, 0.15) is 41.2 Å². The van der Waals surface area contributed by atoms with Gasteiger partial charge in [-0.25, -0.2) is 14.8 Å². The lowest BCUT2D eigenvalue weighted by Gasteiger charge is -2.30. The number of carbonyl (C=O) groups is 2. The molecule has 0 spiro atoms. The molecule has 0 bridgehead atoms. The van der Waals surface area contributed by atoms with E-state index in [0.717, 1.165) is 31.4 Å². The predicted octanol–water partition coefficient (Wildman–Crippen LogP) is 2.80. The standard InChI is InChI=1S/C17H17N5O2/c23-16-11-4-3-5-12(15(11)13-6-1-2-9-22(13)16)20-17(24)21-14-7-8-18-10-19-14/h3-5,7-8,10,13H,1-2,6,9H2,(H2,18,19,20,21,24). The Labute approximate surface area is 139 Å². The van der Waals surface area contributed by atoms with Crippen molar-refractivity contribution in [3.63, 3.8) is 0 Å². The number of piperidine rings is 1. The molecule has 1 atom stereocenters. The molecule has 3 heterocycles. The summed E-state index contributed by atoms with van der Waals surface area (Å²) in [5, 5.41) is 5.52. The van der Waals surface area contributed by atoms with Crippen molar-refractivity contribution < 1.29 is 9.59 Å². The average molecular weight is 323 g/mol. The predicted molar refractivity (Wildman–Crippen MR) is 88.7 cm³/mol. The number of carbonyl (C=O) groups excluding carboxylic acids is 2. The van der Waals surface area contributed by atoms with Crippen LogP contribution in [-0.2, 0) is 0 Å². The van der Waals surface area contributed by atoms with Crippen molar-refractivity contribution in [1.29, 1.82) is 0 Å². The molecule has 24 heavy (non-hydrogen) atoms. The highest BCUT2D eigenvalue weighted by Crippen LogP contribution is 2.43. The third-order valence-electron chi connectivity index (χ3n) is 4.51. The van der Waals surface area contributed by atoms with Gasteiger partial charge in [-0.15, -0.1) is 0 Å². The van der Waals surface area contributed by atoms with Gasteiger partial charge in [0.2, 0.25) is 0 Å².